The predicted molar refractivity (Wildman–Crippen MR) is 88.1 cm³/mol. The molecule has 21 heavy (non-hydrogen) atoms. The molecule has 1 heterocycles. The van der Waals surface area contributed by atoms with Crippen LogP contribution in [-0.4, -0.2) is 24.0 Å². The molecule has 1 saturated heterocycles. The van der Waals surface area contributed by atoms with E-state index in [2.05, 4.69) is 72.5 Å². The predicted octanol–water partition coefficient (Wildman–Crippen LogP) is 3.45. The first-order valence-electron chi connectivity index (χ1n) is 7.85. The first-order valence-corrected chi connectivity index (χ1v) is 7.85. The topological polar surface area (TPSA) is 29.3 Å². The van der Waals surface area contributed by atoms with Crippen LogP contribution in [0, 0.1) is 5.92 Å². The van der Waals surface area contributed by atoms with E-state index in [9.17, 15) is 0 Å². The maximum absolute atomic E-state index is 6.32. The second-order valence-corrected chi connectivity index (χ2v) is 6.15. The van der Waals surface area contributed by atoms with Crippen molar-refractivity contribution in [2.24, 2.45) is 11.7 Å². The van der Waals surface area contributed by atoms with Gasteiger partial charge in [-0.05, 0) is 30.0 Å². The molecule has 0 aromatic heterocycles. The van der Waals surface area contributed by atoms with Gasteiger partial charge in [0.15, 0.2) is 0 Å². The van der Waals surface area contributed by atoms with Crippen molar-refractivity contribution in [2.45, 2.75) is 25.4 Å². The highest BCUT2D eigenvalue weighted by molar-refractivity contribution is 5.32. The second kappa shape index (κ2) is 6.42. The van der Waals surface area contributed by atoms with Crippen LogP contribution in [0.5, 0.6) is 0 Å². The lowest BCUT2D eigenvalue weighted by molar-refractivity contribution is 0.138. The van der Waals surface area contributed by atoms with E-state index in [1.165, 1.54) is 17.5 Å². The highest BCUT2D eigenvalue weighted by Gasteiger charge is 2.29. The number of piperidine rings is 1. The van der Waals surface area contributed by atoms with Gasteiger partial charge in [-0.1, -0.05) is 67.6 Å². The monoisotopic (exact) mass is 280 g/mol. The van der Waals surface area contributed by atoms with Crippen molar-refractivity contribution in [1.82, 2.24) is 4.90 Å². The van der Waals surface area contributed by atoms with Crippen LogP contribution in [0.1, 0.15) is 30.5 Å². The highest BCUT2D eigenvalue weighted by Crippen LogP contribution is 2.31. The molecular weight excluding hydrogens is 256 g/mol. The Bertz CT molecular complexity index is 513. The normalized spacial score (nSPS) is 23.4. The smallest absolute Gasteiger partial charge is 0.0602 e. The first kappa shape index (κ1) is 14.3. The zero-order valence-corrected chi connectivity index (χ0v) is 12.7. The summed E-state index contributed by atoms with van der Waals surface area (Å²) in [4.78, 5) is 2.54. The molecule has 0 spiro atoms. The van der Waals surface area contributed by atoms with Crippen molar-refractivity contribution in [3.8, 4) is 0 Å². The van der Waals surface area contributed by atoms with Crippen LogP contribution in [0.25, 0.3) is 0 Å². The van der Waals surface area contributed by atoms with Crippen LogP contribution >= 0.6 is 0 Å². The largest absolute Gasteiger partial charge is 0.326 e. The van der Waals surface area contributed by atoms with Gasteiger partial charge in [-0.2, -0.15) is 0 Å². The number of rotatable bonds is 3. The summed E-state index contributed by atoms with van der Waals surface area (Å²) in [5.74, 6) is 0.619. The van der Waals surface area contributed by atoms with Crippen LogP contribution in [-0.2, 0) is 0 Å². The standard InChI is InChI=1S/C19H24N2/c1-15-12-13-21(14-18(15)20)19(16-8-4-2-5-9-16)17-10-6-3-7-11-17/h2-11,15,18-19H,12-14,20H2,1H3. The van der Waals surface area contributed by atoms with Crippen LogP contribution < -0.4 is 5.73 Å². The van der Waals surface area contributed by atoms with Gasteiger partial charge in [0.05, 0.1) is 6.04 Å². The number of nitrogens with zero attached hydrogens (tertiary/aromatic N) is 1. The van der Waals surface area contributed by atoms with Gasteiger partial charge in [-0.3, -0.25) is 4.90 Å². The molecule has 2 unspecified atom stereocenters. The van der Waals surface area contributed by atoms with Crippen LogP contribution in [0.4, 0.5) is 0 Å². The first-order chi connectivity index (χ1) is 10.3. The maximum atomic E-state index is 6.32. The molecule has 0 saturated carbocycles. The highest BCUT2D eigenvalue weighted by atomic mass is 15.2. The molecule has 2 aromatic rings. The number of likely N-dealkylation sites (tertiary alicyclic amines) is 1. The molecule has 2 nitrogen and oxygen atoms in total. The second-order valence-electron chi connectivity index (χ2n) is 6.15. The summed E-state index contributed by atoms with van der Waals surface area (Å²) in [6.45, 7) is 4.35. The van der Waals surface area contributed by atoms with Crippen LogP contribution in [0.15, 0.2) is 60.7 Å². The number of hydrogen-bond acceptors (Lipinski definition) is 2. The number of hydrogen-bond donors (Lipinski definition) is 1. The number of benzene rings is 2. The van der Waals surface area contributed by atoms with Crippen molar-refractivity contribution < 1.29 is 0 Å². The lowest BCUT2D eigenvalue weighted by atomic mass is 9.90. The summed E-state index contributed by atoms with van der Waals surface area (Å²) in [7, 11) is 0. The van der Waals surface area contributed by atoms with Crippen LogP contribution in [0.2, 0.25) is 0 Å². The van der Waals surface area contributed by atoms with E-state index < -0.39 is 0 Å². The Morgan fingerprint density at radius 3 is 1.95 bits per heavy atom. The molecule has 1 aliphatic rings. The third-order valence-corrected chi connectivity index (χ3v) is 4.64. The molecule has 0 amide bonds. The molecule has 110 valence electrons. The summed E-state index contributed by atoms with van der Waals surface area (Å²) in [6, 6.07) is 22.1. The Morgan fingerprint density at radius 1 is 0.952 bits per heavy atom. The molecule has 2 aromatic carbocycles. The molecule has 1 aliphatic heterocycles. The Kier molecular flexibility index (Phi) is 4.37. The summed E-state index contributed by atoms with van der Waals surface area (Å²) in [6.07, 6.45) is 1.18. The lowest BCUT2D eigenvalue weighted by Crippen LogP contribution is -2.48. The SMILES string of the molecule is CC1CCN(C(c2ccccc2)c2ccccc2)CC1N. The van der Waals surface area contributed by atoms with E-state index in [-0.39, 0.29) is 6.04 Å². The van der Waals surface area contributed by atoms with Gasteiger partial charge in [0.2, 0.25) is 0 Å². The summed E-state index contributed by atoms with van der Waals surface area (Å²) >= 11 is 0. The fourth-order valence-electron chi connectivity index (χ4n) is 3.24. The van der Waals surface area contributed by atoms with Crippen molar-refractivity contribution >= 4 is 0 Å². The van der Waals surface area contributed by atoms with Gasteiger partial charge in [-0.15, -0.1) is 0 Å². The molecule has 2 atom stereocenters. The van der Waals surface area contributed by atoms with Crippen molar-refractivity contribution in [3.05, 3.63) is 71.8 Å². The van der Waals surface area contributed by atoms with Gasteiger partial charge >= 0.3 is 0 Å². The van der Waals surface area contributed by atoms with E-state index in [1.807, 2.05) is 0 Å². The Hall–Kier alpha value is -1.64. The van der Waals surface area contributed by atoms with E-state index in [4.69, 9.17) is 5.73 Å². The zero-order chi connectivity index (χ0) is 14.7. The molecule has 2 N–H and O–H groups in total. The quantitative estimate of drug-likeness (QED) is 0.933. The van der Waals surface area contributed by atoms with E-state index >= 15 is 0 Å². The molecule has 2 heteroatoms. The minimum absolute atomic E-state index is 0.272. The minimum atomic E-state index is 0.272. The molecule has 0 radical (unpaired) electrons. The third kappa shape index (κ3) is 3.17. The average Bonchev–Trinajstić information content (AvgIpc) is 2.53. The molecule has 1 fully saturated rings. The van der Waals surface area contributed by atoms with Gasteiger partial charge in [-0.25, -0.2) is 0 Å². The summed E-state index contributed by atoms with van der Waals surface area (Å²) in [5.41, 5.74) is 9.03. The fraction of sp³-hybridized carbons (Fsp3) is 0.368. The van der Waals surface area contributed by atoms with Crippen molar-refractivity contribution in [2.75, 3.05) is 13.1 Å². The molecular formula is C19H24N2. The molecule has 0 aliphatic carbocycles. The van der Waals surface area contributed by atoms with Gasteiger partial charge < -0.3 is 5.73 Å². The van der Waals surface area contributed by atoms with Crippen molar-refractivity contribution in [1.29, 1.82) is 0 Å². The Labute approximate surface area is 127 Å². The van der Waals surface area contributed by atoms with E-state index in [0.717, 1.165) is 13.1 Å². The third-order valence-electron chi connectivity index (χ3n) is 4.64. The average molecular weight is 280 g/mol. The summed E-state index contributed by atoms with van der Waals surface area (Å²) in [5, 5.41) is 0. The lowest BCUT2D eigenvalue weighted by Gasteiger charge is -2.40. The van der Waals surface area contributed by atoms with Gasteiger partial charge in [0, 0.05) is 12.6 Å². The zero-order valence-electron chi connectivity index (χ0n) is 12.7. The molecule has 0 bridgehead atoms. The summed E-state index contributed by atoms with van der Waals surface area (Å²) < 4.78 is 0. The van der Waals surface area contributed by atoms with E-state index in [0.29, 0.717) is 12.0 Å². The minimum Gasteiger partial charge on any atom is -0.326 e. The van der Waals surface area contributed by atoms with Crippen LogP contribution in [0.3, 0.4) is 0 Å². The van der Waals surface area contributed by atoms with Gasteiger partial charge in [0.1, 0.15) is 0 Å². The van der Waals surface area contributed by atoms with Gasteiger partial charge in [0.25, 0.3) is 0 Å². The van der Waals surface area contributed by atoms with Crippen molar-refractivity contribution in [3.63, 3.8) is 0 Å². The molecule has 3 rings (SSSR count). The fourth-order valence-corrected chi connectivity index (χ4v) is 3.24. The van der Waals surface area contributed by atoms with E-state index in [1.54, 1.807) is 0 Å². The Balaban J connectivity index is 1.94. The Morgan fingerprint density at radius 2 is 1.48 bits per heavy atom. The number of nitrogens with two attached hydrogens (primary N) is 1. The maximum Gasteiger partial charge on any atom is 0.0602 e.